The van der Waals surface area contributed by atoms with Gasteiger partial charge in [0.25, 0.3) is 0 Å². The van der Waals surface area contributed by atoms with Gasteiger partial charge < -0.3 is 14.6 Å². The monoisotopic (exact) mass is 571 g/mol. The van der Waals surface area contributed by atoms with Crippen LogP contribution >= 0.6 is 23.1 Å². The summed E-state index contributed by atoms with van der Waals surface area (Å²) in [4.78, 5) is 17.0. The molecule has 0 saturated carbocycles. The number of thioether (sulfide) groups is 1. The van der Waals surface area contributed by atoms with Crippen LogP contribution in [0.15, 0.2) is 81.3 Å². The molecular formula is C34H35O4S2+. The summed E-state index contributed by atoms with van der Waals surface area (Å²) in [5.41, 5.74) is 3.28. The Kier molecular flexibility index (Phi) is 7.22. The van der Waals surface area contributed by atoms with Crippen LogP contribution in [0.3, 0.4) is 0 Å². The second kappa shape index (κ2) is 10.2. The van der Waals surface area contributed by atoms with Gasteiger partial charge in [-0.15, -0.1) is 0 Å². The average Bonchev–Trinajstić information content (AvgIpc) is 2.92. The smallest absolute Gasteiger partial charge is 0.239 e. The molecule has 1 N–H and O–H groups in total. The molecular weight excluding hydrogens is 537 g/mol. The second-order valence-electron chi connectivity index (χ2n) is 12.1. The number of ether oxygens (including phenoxy) is 2. The van der Waals surface area contributed by atoms with E-state index in [4.69, 9.17) is 9.47 Å². The SMILES string of the molecule is COc1ccc2c(c1)C(=CC1=C(O)C(=Cc3cc(C(C)(C)C)[s+]c4ccc(OC)cc34)C1=O)C=C(C(C)(C)C)S2. The molecule has 0 unspecified atom stereocenters. The van der Waals surface area contributed by atoms with Crippen LogP contribution < -0.4 is 9.47 Å². The third-order valence-electron chi connectivity index (χ3n) is 7.09. The van der Waals surface area contributed by atoms with Crippen molar-refractivity contribution in [3.05, 3.63) is 92.4 Å². The van der Waals surface area contributed by atoms with E-state index in [1.54, 1.807) is 37.3 Å². The number of aliphatic hydroxyl groups excluding tert-OH is 1. The Balaban J connectivity index is 1.64. The topological polar surface area (TPSA) is 55.8 Å². The number of hydrogen-bond donors (Lipinski definition) is 1. The molecule has 0 spiro atoms. The van der Waals surface area contributed by atoms with Crippen molar-refractivity contribution >= 4 is 50.6 Å². The Hall–Kier alpha value is -3.35. The van der Waals surface area contributed by atoms with Gasteiger partial charge in [0, 0.05) is 22.4 Å². The molecule has 0 saturated heterocycles. The van der Waals surface area contributed by atoms with Crippen LogP contribution in [0, 0.1) is 5.41 Å². The van der Waals surface area contributed by atoms with Crippen molar-refractivity contribution in [1.82, 2.24) is 0 Å². The summed E-state index contributed by atoms with van der Waals surface area (Å²) in [6.07, 6.45) is 5.75. The van der Waals surface area contributed by atoms with Gasteiger partial charge in [0.2, 0.25) is 26.7 Å². The molecule has 0 amide bonds. The molecule has 40 heavy (non-hydrogen) atoms. The zero-order valence-electron chi connectivity index (χ0n) is 24.3. The minimum absolute atomic E-state index is 0.0202. The fraction of sp³-hybridized carbons (Fsp3) is 0.294. The number of Topliss-reactive ketones (excluding diaryl/α,β-unsaturated/α-hetero) is 1. The summed E-state index contributed by atoms with van der Waals surface area (Å²) in [7, 11) is 3.29. The minimum Gasteiger partial charge on any atom is -0.506 e. The summed E-state index contributed by atoms with van der Waals surface area (Å²) in [6.45, 7) is 13.1. The molecule has 1 aromatic heterocycles. The van der Waals surface area contributed by atoms with E-state index in [0.717, 1.165) is 43.2 Å². The van der Waals surface area contributed by atoms with E-state index in [1.165, 1.54) is 9.78 Å². The molecule has 1 aliphatic carbocycles. The number of rotatable bonds is 4. The molecule has 2 heterocycles. The van der Waals surface area contributed by atoms with E-state index in [-0.39, 0.29) is 22.4 Å². The van der Waals surface area contributed by atoms with Gasteiger partial charge in [-0.25, -0.2) is 0 Å². The van der Waals surface area contributed by atoms with Crippen LogP contribution in [-0.2, 0) is 10.2 Å². The number of ketones is 1. The molecule has 0 radical (unpaired) electrons. The van der Waals surface area contributed by atoms with E-state index >= 15 is 0 Å². The van der Waals surface area contributed by atoms with Crippen molar-refractivity contribution in [3.63, 3.8) is 0 Å². The molecule has 4 nitrogen and oxygen atoms in total. The summed E-state index contributed by atoms with van der Waals surface area (Å²) >= 11 is 3.46. The number of fused-ring (bicyclic) bond motifs is 2. The lowest BCUT2D eigenvalue weighted by Crippen LogP contribution is -2.21. The van der Waals surface area contributed by atoms with Crippen molar-refractivity contribution in [2.45, 2.75) is 51.9 Å². The Labute approximate surface area is 244 Å². The largest absolute Gasteiger partial charge is 0.506 e. The van der Waals surface area contributed by atoms with Gasteiger partial charge >= 0.3 is 0 Å². The first-order valence-corrected chi connectivity index (χ1v) is 14.9. The van der Waals surface area contributed by atoms with Gasteiger partial charge in [-0.2, -0.15) is 0 Å². The van der Waals surface area contributed by atoms with Crippen molar-refractivity contribution in [1.29, 1.82) is 0 Å². The highest BCUT2D eigenvalue weighted by Crippen LogP contribution is 2.49. The number of methoxy groups -OCH3 is 2. The van der Waals surface area contributed by atoms with Crippen LogP contribution in [0.25, 0.3) is 21.7 Å². The molecule has 0 atom stereocenters. The molecule has 1 aliphatic heterocycles. The first kappa shape index (κ1) is 28.2. The Morgan fingerprint density at radius 1 is 0.875 bits per heavy atom. The molecule has 206 valence electrons. The van der Waals surface area contributed by atoms with E-state index in [9.17, 15) is 9.90 Å². The summed E-state index contributed by atoms with van der Waals surface area (Å²) in [5, 5.41) is 12.2. The third kappa shape index (κ3) is 5.23. The minimum atomic E-state index is -0.167. The maximum atomic E-state index is 13.5. The fourth-order valence-electron chi connectivity index (χ4n) is 4.63. The lowest BCUT2D eigenvalue weighted by Gasteiger charge is -2.28. The van der Waals surface area contributed by atoms with Gasteiger partial charge in [0.15, 0.2) is 0 Å². The Morgan fingerprint density at radius 2 is 1.55 bits per heavy atom. The lowest BCUT2D eigenvalue weighted by atomic mass is 9.83. The maximum absolute atomic E-state index is 13.5. The van der Waals surface area contributed by atoms with Gasteiger partial charge in [0.05, 0.1) is 30.8 Å². The normalized spacial score (nSPS) is 17.7. The molecule has 2 aliphatic rings. The van der Waals surface area contributed by atoms with Crippen LogP contribution in [0.5, 0.6) is 11.5 Å². The van der Waals surface area contributed by atoms with Gasteiger partial charge in [0.1, 0.15) is 17.3 Å². The van der Waals surface area contributed by atoms with E-state index in [1.807, 2.05) is 36.4 Å². The molecule has 0 fully saturated rings. The first-order valence-electron chi connectivity index (χ1n) is 13.3. The zero-order chi connectivity index (χ0) is 29.0. The molecule has 3 aromatic rings. The Bertz CT molecular complexity index is 1670. The first-order chi connectivity index (χ1) is 18.8. The summed E-state index contributed by atoms with van der Waals surface area (Å²) in [5.74, 6) is 1.35. The second-order valence-corrected chi connectivity index (χ2v) is 14.3. The van der Waals surface area contributed by atoms with Crippen LogP contribution in [0.2, 0.25) is 0 Å². The van der Waals surface area contributed by atoms with E-state index in [0.29, 0.717) is 11.1 Å². The quantitative estimate of drug-likeness (QED) is 0.250. The van der Waals surface area contributed by atoms with E-state index in [2.05, 4.69) is 65.8 Å². The predicted octanol–water partition coefficient (Wildman–Crippen LogP) is 9.39. The van der Waals surface area contributed by atoms with Gasteiger partial charge in [-0.1, -0.05) is 53.3 Å². The number of hydrogen-bond acceptors (Lipinski definition) is 5. The van der Waals surface area contributed by atoms with Gasteiger partial charge in [-0.3, -0.25) is 4.79 Å². The standard InChI is InChI=1S/C34H34O4S2/c1-33(2,3)29-15-19(23-17-21(37-7)9-11-27(23)39-29)13-25-31(35)26(32(25)36)14-20-16-30(34(4,5)6)40-28-12-10-22(38-8)18-24(20)28/h9-18H,1-8H3/p+1. The summed E-state index contributed by atoms with van der Waals surface area (Å²) < 4.78 is 12.1. The van der Waals surface area contributed by atoms with Crippen LogP contribution in [-0.4, -0.2) is 25.1 Å². The average molecular weight is 572 g/mol. The number of carbonyl (C=O) groups is 1. The van der Waals surface area contributed by atoms with Crippen LogP contribution in [0.1, 0.15) is 57.5 Å². The number of carbonyl (C=O) groups excluding carboxylic acids is 1. The highest BCUT2D eigenvalue weighted by Gasteiger charge is 2.35. The van der Waals surface area contributed by atoms with E-state index < -0.39 is 0 Å². The molecule has 5 rings (SSSR count). The van der Waals surface area contributed by atoms with Crippen LogP contribution in [0.4, 0.5) is 0 Å². The highest BCUT2D eigenvalue weighted by atomic mass is 32.2. The molecule has 0 bridgehead atoms. The number of benzene rings is 2. The number of allylic oxidation sites excluding steroid dienone is 6. The fourth-order valence-corrected chi connectivity index (χ4v) is 6.94. The third-order valence-corrected chi connectivity index (χ3v) is 10.1. The number of aliphatic hydroxyl groups is 1. The maximum Gasteiger partial charge on any atom is 0.239 e. The summed E-state index contributed by atoms with van der Waals surface area (Å²) in [6, 6.07) is 14.1. The van der Waals surface area contributed by atoms with Gasteiger partial charge in [-0.05, 0) is 75.6 Å². The van der Waals surface area contributed by atoms with Crippen molar-refractivity contribution in [2.75, 3.05) is 14.2 Å². The molecule has 6 heteroatoms. The lowest BCUT2D eigenvalue weighted by molar-refractivity contribution is -0.113. The predicted molar refractivity (Wildman–Crippen MR) is 168 cm³/mol. The molecule has 2 aromatic carbocycles. The van der Waals surface area contributed by atoms with Crippen molar-refractivity contribution < 1.29 is 19.4 Å². The Morgan fingerprint density at radius 3 is 2.17 bits per heavy atom. The highest BCUT2D eigenvalue weighted by molar-refractivity contribution is 8.03. The van der Waals surface area contributed by atoms with Crippen molar-refractivity contribution in [3.8, 4) is 11.5 Å². The van der Waals surface area contributed by atoms with Crippen molar-refractivity contribution in [2.24, 2.45) is 5.41 Å². The zero-order valence-corrected chi connectivity index (χ0v) is 25.9.